The highest BCUT2D eigenvalue weighted by Crippen LogP contribution is 2.33. The molecule has 0 bridgehead atoms. The molecule has 1 N–H and O–H groups in total. The number of carbonyl (C=O) groups is 4. The maximum Gasteiger partial charge on any atom is 0.338 e. The summed E-state index contributed by atoms with van der Waals surface area (Å²) in [4.78, 5) is 51.2. The van der Waals surface area contributed by atoms with Crippen molar-refractivity contribution in [3.63, 3.8) is 0 Å². The number of esters is 1. The molecule has 0 radical (unpaired) electrons. The molecule has 164 valence electrons. The van der Waals surface area contributed by atoms with Crippen LogP contribution in [0.15, 0.2) is 58.9 Å². The van der Waals surface area contributed by atoms with E-state index in [1.807, 2.05) is 19.1 Å². The van der Waals surface area contributed by atoms with Crippen molar-refractivity contribution in [1.82, 2.24) is 5.01 Å². The van der Waals surface area contributed by atoms with E-state index in [0.29, 0.717) is 16.9 Å². The normalized spacial score (nSPS) is 19.3. The average molecular weight is 435 g/mol. The van der Waals surface area contributed by atoms with Crippen LogP contribution in [0, 0.1) is 6.92 Å². The first-order chi connectivity index (χ1) is 15.4. The summed E-state index contributed by atoms with van der Waals surface area (Å²) in [6.45, 7) is 3.54. The van der Waals surface area contributed by atoms with Gasteiger partial charge in [0.1, 0.15) is 6.54 Å². The molecule has 10 heteroatoms. The van der Waals surface area contributed by atoms with Gasteiger partial charge in [-0.3, -0.25) is 19.4 Å². The van der Waals surface area contributed by atoms with Crippen molar-refractivity contribution in [1.29, 1.82) is 0 Å². The molecule has 2 aromatic carbocycles. The van der Waals surface area contributed by atoms with Crippen molar-refractivity contribution in [2.24, 2.45) is 10.3 Å². The monoisotopic (exact) mass is 435 g/mol. The first kappa shape index (κ1) is 21.2. The predicted octanol–water partition coefficient (Wildman–Crippen LogP) is 2.10. The summed E-state index contributed by atoms with van der Waals surface area (Å²) < 4.78 is 4.93. The van der Waals surface area contributed by atoms with Crippen LogP contribution in [-0.4, -0.2) is 53.9 Å². The smallest absolute Gasteiger partial charge is 0.338 e. The number of fused-ring (bicyclic) bond motifs is 1. The molecule has 2 atom stereocenters. The van der Waals surface area contributed by atoms with Gasteiger partial charge in [0.2, 0.25) is 5.91 Å². The van der Waals surface area contributed by atoms with Crippen molar-refractivity contribution in [2.45, 2.75) is 25.9 Å². The van der Waals surface area contributed by atoms with E-state index >= 15 is 0 Å². The fourth-order valence-electron chi connectivity index (χ4n) is 3.66. The topological polar surface area (TPSA) is 121 Å². The quantitative estimate of drug-likeness (QED) is 0.548. The molecule has 2 aliphatic heterocycles. The van der Waals surface area contributed by atoms with Gasteiger partial charge < -0.3 is 10.1 Å². The minimum Gasteiger partial charge on any atom is -0.462 e. The van der Waals surface area contributed by atoms with Gasteiger partial charge in [0.25, 0.3) is 11.8 Å². The van der Waals surface area contributed by atoms with E-state index < -0.39 is 35.8 Å². The zero-order chi connectivity index (χ0) is 22.8. The summed E-state index contributed by atoms with van der Waals surface area (Å²) in [6, 6.07) is 11.4. The standard InChI is InChI=1S/C22H21N5O5/c1-3-32-22(31)14-8-10-15(11-9-14)23-17(28)12-26-19-18(24-25-26)20(29)27(21(19)30)16-7-5-4-6-13(16)2/h4-11,18-19H,3,12H2,1-2H3,(H,23,28)/t18-,19+/m1/s1. The Balaban J connectivity index is 1.42. The van der Waals surface area contributed by atoms with E-state index in [9.17, 15) is 19.2 Å². The number of aryl methyl sites for hydroxylation is 1. The minimum atomic E-state index is -0.973. The molecule has 3 amide bonds. The van der Waals surface area contributed by atoms with Gasteiger partial charge in [-0.05, 0) is 49.7 Å². The maximum atomic E-state index is 13.0. The molecule has 1 saturated heterocycles. The molecule has 0 aromatic heterocycles. The average Bonchev–Trinajstić information content (AvgIpc) is 3.29. The molecule has 0 aliphatic carbocycles. The molecule has 0 unspecified atom stereocenters. The fourth-order valence-corrected chi connectivity index (χ4v) is 3.66. The molecule has 10 nitrogen and oxygen atoms in total. The number of hydrogen-bond donors (Lipinski definition) is 1. The Morgan fingerprint density at radius 2 is 1.78 bits per heavy atom. The van der Waals surface area contributed by atoms with Gasteiger partial charge in [-0.1, -0.05) is 23.4 Å². The van der Waals surface area contributed by atoms with E-state index in [-0.39, 0.29) is 13.2 Å². The van der Waals surface area contributed by atoms with E-state index in [1.54, 1.807) is 43.3 Å². The second kappa shape index (κ2) is 8.58. The molecule has 32 heavy (non-hydrogen) atoms. The fraction of sp³-hybridized carbons (Fsp3) is 0.273. The van der Waals surface area contributed by atoms with Gasteiger partial charge in [-0.25, -0.2) is 9.69 Å². The van der Waals surface area contributed by atoms with Gasteiger partial charge in [0.15, 0.2) is 12.1 Å². The van der Waals surface area contributed by atoms with Gasteiger partial charge in [0, 0.05) is 5.69 Å². The number of anilines is 2. The Labute approximate surface area is 183 Å². The van der Waals surface area contributed by atoms with Crippen LogP contribution in [0.4, 0.5) is 11.4 Å². The zero-order valence-electron chi connectivity index (χ0n) is 17.5. The lowest BCUT2D eigenvalue weighted by Gasteiger charge is -2.21. The molecule has 0 saturated carbocycles. The number of nitrogens with zero attached hydrogens (tertiary/aromatic N) is 4. The SMILES string of the molecule is CCOC(=O)c1ccc(NC(=O)CN2N=N[C@H]3C(=O)N(c4ccccc4C)C(=O)[C@H]32)cc1. The lowest BCUT2D eigenvalue weighted by Crippen LogP contribution is -2.43. The third-order valence-electron chi connectivity index (χ3n) is 5.20. The number of para-hydroxylation sites is 1. The van der Waals surface area contributed by atoms with Crippen LogP contribution in [0.5, 0.6) is 0 Å². The number of carbonyl (C=O) groups excluding carboxylic acids is 4. The molecular formula is C22H21N5O5. The van der Waals surface area contributed by atoms with Gasteiger partial charge >= 0.3 is 5.97 Å². The first-order valence-electron chi connectivity index (χ1n) is 10.1. The van der Waals surface area contributed by atoms with Crippen LogP contribution < -0.4 is 10.2 Å². The zero-order valence-corrected chi connectivity index (χ0v) is 17.5. The molecule has 4 rings (SSSR count). The lowest BCUT2D eigenvalue weighted by molar-refractivity contribution is -0.123. The van der Waals surface area contributed by atoms with Crippen molar-refractivity contribution in [3.8, 4) is 0 Å². The highest BCUT2D eigenvalue weighted by atomic mass is 16.5. The van der Waals surface area contributed by atoms with Crippen LogP contribution >= 0.6 is 0 Å². The molecular weight excluding hydrogens is 414 g/mol. The number of benzene rings is 2. The summed E-state index contributed by atoms with van der Waals surface area (Å²) in [5.41, 5.74) is 2.11. The molecule has 2 aliphatic rings. The molecule has 2 heterocycles. The van der Waals surface area contributed by atoms with E-state index in [1.165, 1.54) is 5.01 Å². The number of imide groups is 1. The highest BCUT2D eigenvalue weighted by molar-refractivity contribution is 6.25. The van der Waals surface area contributed by atoms with Crippen molar-refractivity contribution in [3.05, 3.63) is 59.7 Å². The van der Waals surface area contributed by atoms with Crippen molar-refractivity contribution in [2.75, 3.05) is 23.4 Å². The summed E-state index contributed by atoms with van der Waals surface area (Å²) in [7, 11) is 0. The number of ether oxygens (including phenoxy) is 1. The Morgan fingerprint density at radius 1 is 1.06 bits per heavy atom. The summed E-state index contributed by atoms with van der Waals surface area (Å²) in [6.07, 6.45) is 0. The van der Waals surface area contributed by atoms with Crippen molar-refractivity contribution >= 4 is 35.1 Å². The second-order valence-corrected chi connectivity index (χ2v) is 7.34. The molecule has 2 aromatic rings. The Morgan fingerprint density at radius 3 is 2.47 bits per heavy atom. The highest BCUT2D eigenvalue weighted by Gasteiger charge is 2.55. The lowest BCUT2D eigenvalue weighted by atomic mass is 10.1. The summed E-state index contributed by atoms with van der Waals surface area (Å²) >= 11 is 0. The number of amides is 3. The second-order valence-electron chi connectivity index (χ2n) is 7.34. The van der Waals surface area contributed by atoms with Crippen LogP contribution in [0.25, 0.3) is 0 Å². The minimum absolute atomic E-state index is 0.259. The van der Waals surface area contributed by atoms with Crippen LogP contribution in [0.1, 0.15) is 22.8 Å². The van der Waals surface area contributed by atoms with E-state index in [2.05, 4.69) is 15.7 Å². The largest absolute Gasteiger partial charge is 0.462 e. The Kier molecular flexibility index (Phi) is 5.67. The first-order valence-corrected chi connectivity index (χ1v) is 10.1. The number of rotatable bonds is 6. The van der Waals surface area contributed by atoms with Gasteiger partial charge in [-0.15, -0.1) is 0 Å². The van der Waals surface area contributed by atoms with Crippen LogP contribution in [0.3, 0.4) is 0 Å². The Bertz CT molecular complexity index is 1110. The van der Waals surface area contributed by atoms with Crippen LogP contribution in [0.2, 0.25) is 0 Å². The molecule has 0 spiro atoms. The summed E-state index contributed by atoms with van der Waals surface area (Å²) in [5.74, 6) is -1.82. The third kappa shape index (κ3) is 3.82. The van der Waals surface area contributed by atoms with E-state index in [4.69, 9.17) is 4.74 Å². The number of nitrogens with one attached hydrogen (secondary N) is 1. The van der Waals surface area contributed by atoms with Crippen LogP contribution in [-0.2, 0) is 19.1 Å². The van der Waals surface area contributed by atoms with Gasteiger partial charge in [-0.2, -0.15) is 5.11 Å². The molecule has 1 fully saturated rings. The summed E-state index contributed by atoms with van der Waals surface area (Å²) in [5, 5.41) is 11.7. The predicted molar refractivity (Wildman–Crippen MR) is 114 cm³/mol. The maximum absolute atomic E-state index is 13.0. The Hall–Kier alpha value is -4.08. The number of hydrogen-bond acceptors (Lipinski definition) is 8. The van der Waals surface area contributed by atoms with Crippen molar-refractivity contribution < 1.29 is 23.9 Å². The van der Waals surface area contributed by atoms with E-state index in [0.717, 1.165) is 10.5 Å². The third-order valence-corrected chi connectivity index (χ3v) is 5.20. The van der Waals surface area contributed by atoms with Gasteiger partial charge in [0.05, 0.1) is 17.9 Å².